The Bertz CT molecular complexity index is 582. The average Bonchev–Trinajstić information content (AvgIpc) is 2.80. The lowest BCUT2D eigenvalue weighted by Gasteiger charge is -2.19. The van der Waals surface area contributed by atoms with E-state index in [4.69, 9.17) is 14.9 Å². The number of carbonyl (C=O) groups is 3. The fraction of sp³-hybridized carbons (Fsp3) is 0.308. The Labute approximate surface area is 114 Å². The second kappa shape index (κ2) is 5.20. The van der Waals surface area contributed by atoms with E-state index in [1.807, 2.05) is 0 Å². The fourth-order valence-corrected chi connectivity index (χ4v) is 2.14. The largest absolute Gasteiger partial charge is 0.495 e. The van der Waals surface area contributed by atoms with Crippen molar-refractivity contribution in [2.24, 2.45) is 5.92 Å². The van der Waals surface area contributed by atoms with Gasteiger partial charge in [0.05, 0.1) is 24.3 Å². The molecule has 1 atom stereocenters. The van der Waals surface area contributed by atoms with Crippen molar-refractivity contribution in [2.45, 2.75) is 6.42 Å². The average molecular weight is 279 g/mol. The Balaban J connectivity index is 2.40. The first-order chi connectivity index (χ1) is 9.43. The van der Waals surface area contributed by atoms with Gasteiger partial charge in [0.15, 0.2) is 0 Å². The lowest BCUT2D eigenvalue weighted by molar-refractivity contribution is -0.141. The molecule has 2 N–H and O–H groups in total. The number of aliphatic carboxylic acids is 1. The van der Waals surface area contributed by atoms with Crippen LogP contribution >= 0.6 is 0 Å². The van der Waals surface area contributed by atoms with Crippen molar-refractivity contribution >= 4 is 23.5 Å². The summed E-state index contributed by atoms with van der Waals surface area (Å²) in [6.45, 7) is 0.00754. The minimum Gasteiger partial charge on any atom is -0.495 e. The van der Waals surface area contributed by atoms with E-state index in [-0.39, 0.29) is 30.1 Å². The highest BCUT2D eigenvalue weighted by atomic mass is 16.5. The topological polar surface area (TPSA) is 104 Å². The minimum absolute atomic E-state index is 0.00683. The van der Waals surface area contributed by atoms with Gasteiger partial charge in [-0.15, -0.1) is 0 Å². The van der Waals surface area contributed by atoms with Gasteiger partial charge in [0.2, 0.25) is 5.91 Å². The zero-order valence-electron chi connectivity index (χ0n) is 10.7. The van der Waals surface area contributed by atoms with E-state index in [1.54, 1.807) is 0 Å². The Morgan fingerprint density at radius 3 is 2.55 bits per heavy atom. The first-order valence-corrected chi connectivity index (χ1v) is 5.88. The van der Waals surface area contributed by atoms with Gasteiger partial charge in [0.25, 0.3) is 0 Å². The number of hydrogen-bond donors (Lipinski definition) is 2. The second-order valence-electron chi connectivity index (χ2n) is 4.44. The minimum atomic E-state index is -1.13. The number of aromatic carboxylic acids is 1. The number of hydrogen-bond acceptors (Lipinski definition) is 4. The molecule has 0 aliphatic carbocycles. The predicted octanol–water partition coefficient (Wildman–Crippen LogP) is 0.831. The van der Waals surface area contributed by atoms with Crippen LogP contribution in [-0.2, 0) is 9.59 Å². The molecule has 1 heterocycles. The summed E-state index contributed by atoms with van der Waals surface area (Å²) in [7, 11) is 1.40. The van der Waals surface area contributed by atoms with Crippen LogP contribution in [0.2, 0.25) is 0 Å². The van der Waals surface area contributed by atoms with Gasteiger partial charge in [-0.3, -0.25) is 9.59 Å². The van der Waals surface area contributed by atoms with Crippen molar-refractivity contribution < 1.29 is 29.3 Å². The van der Waals surface area contributed by atoms with Crippen LogP contribution in [0.15, 0.2) is 18.2 Å². The normalized spacial score (nSPS) is 18.1. The van der Waals surface area contributed by atoms with Crippen molar-refractivity contribution in [3.63, 3.8) is 0 Å². The van der Waals surface area contributed by atoms with Gasteiger partial charge < -0.3 is 19.8 Å². The highest BCUT2D eigenvalue weighted by Crippen LogP contribution is 2.34. The summed E-state index contributed by atoms with van der Waals surface area (Å²) >= 11 is 0. The van der Waals surface area contributed by atoms with Gasteiger partial charge in [0.1, 0.15) is 5.75 Å². The van der Waals surface area contributed by atoms with Crippen LogP contribution in [0, 0.1) is 5.92 Å². The van der Waals surface area contributed by atoms with Crippen molar-refractivity contribution in [3.8, 4) is 5.75 Å². The van der Waals surface area contributed by atoms with E-state index in [2.05, 4.69) is 0 Å². The molecule has 2 rings (SSSR count). The maximum atomic E-state index is 11.9. The smallest absolute Gasteiger partial charge is 0.335 e. The molecule has 7 heteroatoms. The van der Waals surface area contributed by atoms with Crippen LogP contribution in [0.1, 0.15) is 16.8 Å². The third kappa shape index (κ3) is 2.42. The number of carbonyl (C=O) groups excluding carboxylic acids is 1. The van der Waals surface area contributed by atoms with Crippen molar-refractivity contribution in [1.82, 2.24) is 0 Å². The summed E-state index contributed by atoms with van der Waals surface area (Å²) in [5, 5.41) is 17.9. The Hall–Kier alpha value is -2.57. The summed E-state index contributed by atoms with van der Waals surface area (Å²) in [5.41, 5.74) is 0.286. The van der Waals surface area contributed by atoms with E-state index in [0.29, 0.717) is 5.75 Å². The van der Waals surface area contributed by atoms with Crippen LogP contribution in [0.5, 0.6) is 5.75 Å². The van der Waals surface area contributed by atoms with Crippen molar-refractivity contribution in [3.05, 3.63) is 23.8 Å². The number of carboxylic acid groups (broad SMARTS) is 2. The molecule has 0 aromatic heterocycles. The molecule has 1 amide bonds. The highest BCUT2D eigenvalue weighted by molar-refractivity contribution is 6.01. The number of methoxy groups -OCH3 is 1. The number of anilines is 1. The molecule has 20 heavy (non-hydrogen) atoms. The molecule has 7 nitrogen and oxygen atoms in total. The predicted molar refractivity (Wildman–Crippen MR) is 68.0 cm³/mol. The molecule has 0 spiro atoms. The van der Waals surface area contributed by atoms with Crippen LogP contribution < -0.4 is 9.64 Å². The monoisotopic (exact) mass is 279 g/mol. The summed E-state index contributed by atoms with van der Waals surface area (Å²) in [4.78, 5) is 35.1. The number of rotatable bonds is 4. The molecular formula is C13H13NO6. The standard InChI is InChI=1S/C13H13NO6/c1-20-10-3-2-7(12(16)17)4-9(10)14-6-8(13(18)19)5-11(14)15/h2-4,8H,5-6H2,1H3,(H,16,17)(H,18,19). The summed E-state index contributed by atoms with van der Waals surface area (Å²) in [6, 6.07) is 4.11. The van der Waals surface area contributed by atoms with Crippen LogP contribution in [-0.4, -0.2) is 41.7 Å². The molecule has 0 saturated carbocycles. The quantitative estimate of drug-likeness (QED) is 0.846. The molecule has 1 saturated heterocycles. The van der Waals surface area contributed by atoms with Gasteiger partial charge in [-0.25, -0.2) is 4.79 Å². The molecule has 1 aliphatic rings. The van der Waals surface area contributed by atoms with Gasteiger partial charge in [-0.2, -0.15) is 0 Å². The Kier molecular flexibility index (Phi) is 3.60. The molecule has 1 aromatic rings. The summed E-state index contributed by atoms with van der Waals surface area (Å²) in [6.07, 6.45) is -0.101. The maximum absolute atomic E-state index is 11.9. The lowest BCUT2D eigenvalue weighted by Crippen LogP contribution is -2.26. The van der Waals surface area contributed by atoms with E-state index in [1.165, 1.54) is 30.2 Å². The zero-order chi connectivity index (χ0) is 14.9. The van der Waals surface area contributed by atoms with E-state index < -0.39 is 17.9 Å². The van der Waals surface area contributed by atoms with Gasteiger partial charge in [-0.1, -0.05) is 0 Å². The number of nitrogens with zero attached hydrogens (tertiary/aromatic N) is 1. The number of carboxylic acids is 2. The first kappa shape index (κ1) is 13.9. The highest BCUT2D eigenvalue weighted by Gasteiger charge is 2.36. The van der Waals surface area contributed by atoms with Crippen molar-refractivity contribution in [1.29, 1.82) is 0 Å². The number of benzene rings is 1. The Morgan fingerprint density at radius 1 is 1.35 bits per heavy atom. The number of ether oxygens (including phenoxy) is 1. The van der Waals surface area contributed by atoms with E-state index in [0.717, 1.165) is 0 Å². The lowest BCUT2D eigenvalue weighted by atomic mass is 10.1. The van der Waals surface area contributed by atoms with Crippen LogP contribution in [0.4, 0.5) is 5.69 Å². The van der Waals surface area contributed by atoms with Gasteiger partial charge in [0, 0.05) is 13.0 Å². The molecule has 1 aliphatic heterocycles. The molecule has 106 valence electrons. The third-order valence-electron chi connectivity index (χ3n) is 3.19. The molecule has 1 unspecified atom stereocenters. The first-order valence-electron chi connectivity index (χ1n) is 5.88. The second-order valence-corrected chi connectivity index (χ2v) is 4.44. The summed E-state index contributed by atoms with van der Waals surface area (Å²) in [5.74, 6) is -3.00. The fourth-order valence-electron chi connectivity index (χ4n) is 2.14. The molecule has 0 radical (unpaired) electrons. The van der Waals surface area contributed by atoms with Gasteiger partial charge in [-0.05, 0) is 18.2 Å². The SMILES string of the molecule is COc1ccc(C(=O)O)cc1N1CC(C(=O)O)CC1=O. The van der Waals surface area contributed by atoms with Crippen LogP contribution in [0.25, 0.3) is 0 Å². The molecule has 1 fully saturated rings. The summed E-state index contributed by atoms with van der Waals surface area (Å²) < 4.78 is 5.10. The van der Waals surface area contributed by atoms with E-state index in [9.17, 15) is 14.4 Å². The van der Waals surface area contributed by atoms with Gasteiger partial charge >= 0.3 is 11.9 Å². The molecule has 0 bridgehead atoms. The van der Waals surface area contributed by atoms with Crippen LogP contribution in [0.3, 0.4) is 0 Å². The molecule has 1 aromatic carbocycles. The van der Waals surface area contributed by atoms with Crippen molar-refractivity contribution in [2.75, 3.05) is 18.6 Å². The molecular weight excluding hydrogens is 266 g/mol. The zero-order valence-corrected chi connectivity index (χ0v) is 10.7. The van der Waals surface area contributed by atoms with E-state index >= 15 is 0 Å². The third-order valence-corrected chi connectivity index (χ3v) is 3.19. The number of amides is 1. The maximum Gasteiger partial charge on any atom is 0.335 e. The Morgan fingerprint density at radius 2 is 2.05 bits per heavy atom.